The highest BCUT2D eigenvalue weighted by Gasteiger charge is 2.45. The van der Waals surface area contributed by atoms with Gasteiger partial charge in [-0.2, -0.15) is 5.10 Å². The number of amides is 1. The van der Waals surface area contributed by atoms with Crippen molar-refractivity contribution in [3.8, 4) is 0 Å². The van der Waals surface area contributed by atoms with Crippen LogP contribution >= 0.6 is 0 Å². The van der Waals surface area contributed by atoms with Gasteiger partial charge in [-0.05, 0) is 61.6 Å². The first-order chi connectivity index (χ1) is 14.0. The van der Waals surface area contributed by atoms with Gasteiger partial charge < -0.3 is 5.32 Å². The molecule has 29 heavy (non-hydrogen) atoms. The van der Waals surface area contributed by atoms with Gasteiger partial charge in [0, 0.05) is 34.2 Å². The van der Waals surface area contributed by atoms with Gasteiger partial charge >= 0.3 is 0 Å². The zero-order valence-corrected chi connectivity index (χ0v) is 17.9. The van der Waals surface area contributed by atoms with Gasteiger partial charge in [0.05, 0.1) is 0 Å². The number of aromatic amines is 1. The van der Waals surface area contributed by atoms with Crippen LogP contribution in [0.3, 0.4) is 0 Å². The highest BCUT2D eigenvalue weighted by molar-refractivity contribution is 6.13. The first-order valence-electron chi connectivity index (χ1n) is 11.1. The summed E-state index contributed by atoms with van der Waals surface area (Å²) < 4.78 is 0. The van der Waals surface area contributed by atoms with Crippen molar-refractivity contribution in [3.05, 3.63) is 45.6 Å². The van der Waals surface area contributed by atoms with Crippen LogP contribution in [0.2, 0.25) is 0 Å². The number of nitrogens with zero attached hydrogens (tertiary/aromatic N) is 1. The average molecular weight is 394 g/mol. The standard InChI is InChI=1S/C24H31N3O2/c1-5-14-11-15(6-2)21(17-13-24(7-3,8-4)22(28)20(14)17)23(29)25-19-12-18(26-27-19)16-9-10-16/h11-12,16H,5-10,13H2,1-4H3,(H2,25,26,27,29). The summed E-state index contributed by atoms with van der Waals surface area (Å²) in [6.07, 6.45) is 6.18. The van der Waals surface area contributed by atoms with E-state index in [1.54, 1.807) is 0 Å². The number of carbonyl (C=O) groups is 2. The normalized spacial score (nSPS) is 17.4. The van der Waals surface area contributed by atoms with Gasteiger partial charge in [0.15, 0.2) is 11.6 Å². The van der Waals surface area contributed by atoms with Crippen molar-refractivity contribution >= 4 is 17.5 Å². The third kappa shape index (κ3) is 3.21. The molecule has 2 N–H and O–H groups in total. The van der Waals surface area contributed by atoms with E-state index in [4.69, 9.17) is 0 Å². The van der Waals surface area contributed by atoms with Crippen molar-refractivity contribution in [2.24, 2.45) is 5.41 Å². The van der Waals surface area contributed by atoms with E-state index in [-0.39, 0.29) is 17.1 Å². The van der Waals surface area contributed by atoms with E-state index in [1.807, 2.05) is 6.07 Å². The van der Waals surface area contributed by atoms with E-state index < -0.39 is 0 Å². The van der Waals surface area contributed by atoms with Crippen LogP contribution in [0.25, 0.3) is 0 Å². The van der Waals surface area contributed by atoms with Gasteiger partial charge in [-0.1, -0.05) is 33.8 Å². The summed E-state index contributed by atoms with van der Waals surface area (Å²) in [7, 11) is 0. The van der Waals surface area contributed by atoms with Gasteiger partial charge in [0.2, 0.25) is 0 Å². The molecule has 0 bridgehead atoms. The molecule has 1 fully saturated rings. The molecular weight excluding hydrogens is 362 g/mol. The van der Waals surface area contributed by atoms with Gasteiger partial charge in [-0.15, -0.1) is 0 Å². The Labute approximate surface area is 172 Å². The largest absolute Gasteiger partial charge is 0.305 e. The van der Waals surface area contributed by atoms with Gasteiger partial charge in [0.1, 0.15) is 0 Å². The number of benzene rings is 1. The number of carbonyl (C=O) groups excluding carboxylic acids is 2. The van der Waals surface area contributed by atoms with Crippen molar-refractivity contribution < 1.29 is 9.59 Å². The lowest BCUT2D eigenvalue weighted by Crippen LogP contribution is -2.26. The highest BCUT2D eigenvalue weighted by Crippen LogP contribution is 2.46. The van der Waals surface area contributed by atoms with Crippen molar-refractivity contribution in [3.63, 3.8) is 0 Å². The highest BCUT2D eigenvalue weighted by atomic mass is 16.2. The lowest BCUT2D eigenvalue weighted by atomic mass is 9.78. The average Bonchev–Trinajstić information content (AvgIpc) is 3.41. The summed E-state index contributed by atoms with van der Waals surface area (Å²) >= 11 is 0. The number of fused-ring (bicyclic) bond motifs is 1. The molecule has 0 aliphatic heterocycles. The zero-order chi connectivity index (χ0) is 20.8. The molecule has 1 aromatic carbocycles. The molecule has 5 nitrogen and oxygen atoms in total. The van der Waals surface area contributed by atoms with Crippen LogP contribution in [-0.2, 0) is 19.3 Å². The summed E-state index contributed by atoms with van der Waals surface area (Å²) in [5.41, 5.74) is 5.26. The molecule has 2 aromatic rings. The van der Waals surface area contributed by atoms with E-state index >= 15 is 0 Å². The number of aromatic nitrogens is 2. The van der Waals surface area contributed by atoms with Crippen molar-refractivity contribution in [2.45, 2.75) is 78.6 Å². The number of nitrogens with one attached hydrogen (secondary N) is 2. The minimum atomic E-state index is -0.376. The maximum atomic E-state index is 13.4. The maximum absolute atomic E-state index is 13.4. The molecule has 0 radical (unpaired) electrons. The summed E-state index contributed by atoms with van der Waals surface area (Å²) in [6, 6.07) is 4.02. The molecule has 154 valence electrons. The molecule has 5 heteroatoms. The molecule has 2 aliphatic rings. The SMILES string of the molecule is CCc1cc(CC)c2c(c1C(=O)Nc1cc(C3CC3)[nH]n1)CC(CC)(CC)C2=O. The third-order valence-electron chi connectivity index (χ3n) is 7.02. The molecule has 1 amide bonds. The first-order valence-corrected chi connectivity index (χ1v) is 11.1. The number of hydrogen-bond donors (Lipinski definition) is 2. The molecule has 0 spiro atoms. The van der Waals surface area contributed by atoms with E-state index in [0.29, 0.717) is 23.7 Å². The summed E-state index contributed by atoms with van der Waals surface area (Å²) in [5, 5.41) is 10.3. The summed E-state index contributed by atoms with van der Waals surface area (Å²) in [5.74, 6) is 1.20. The Bertz CT molecular complexity index is 965. The quantitative estimate of drug-likeness (QED) is 0.678. The Balaban J connectivity index is 1.76. The zero-order valence-electron chi connectivity index (χ0n) is 17.9. The van der Waals surface area contributed by atoms with Crippen molar-refractivity contribution in [1.29, 1.82) is 0 Å². The van der Waals surface area contributed by atoms with Crippen LogP contribution in [0.1, 0.15) is 102 Å². The fraction of sp³-hybridized carbons (Fsp3) is 0.542. The second-order valence-corrected chi connectivity index (χ2v) is 8.56. The molecule has 1 heterocycles. The summed E-state index contributed by atoms with van der Waals surface area (Å²) in [4.78, 5) is 26.8. The predicted octanol–water partition coefficient (Wildman–Crippen LogP) is 5.21. The smallest absolute Gasteiger partial charge is 0.257 e. The predicted molar refractivity (Wildman–Crippen MR) is 115 cm³/mol. The molecular formula is C24H31N3O2. The molecule has 1 aromatic heterocycles. The maximum Gasteiger partial charge on any atom is 0.257 e. The van der Waals surface area contributed by atoms with Crippen molar-refractivity contribution in [1.82, 2.24) is 10.2 Å². The Morgan fingerprint density at radius 2 is 1.83 bits per heavy atom. The van der Waals surface area contributed by atoms with Crippen LogP contribution in [0.5, 0.6) is 0 Å². The van der Waals surface area contributed by atoms with E-state index in [1.165, 1.54) is 12.8 Å². The fourth-order valence-corrected chi connectivity index (χ4v) is 4.86. The van der Waals surface area contributed by atoms with Crippen molar-refractivity contribution in [2.75, 3.05) is 5.32 Å². The molecule has 0 unspecified atom stereocenters. The number of Topliss-reactive ketones (excluding diaryl/α,β-unsaturated/α-hetero) is 1. The Morgan fingerprint density at radius 1 is 1.14 bits per heavy atom. The van der Waals surface area contributed by atoms with E-state index in [0.717, 1.165) is 53.6 Å². The van der Waals surface area contributed by atoms with Gasteiger partial charge in [0.25, 0.3) is 5.91 Å². The molecule has 1 saturated carbocycles. The summed E-state index contributed by atoms with van der Waals surface area (Å²) in [6.45, 7) is 8.33. The Morgan fingerprint density at radius 3 is 2.41 bits per heavy atom. The monoisotopic (exact) mass is 393 g/mol. The van der Waals surface area contributed by atoms with E-state index in [9.17, 15) is 9.59 Å². The lowest BCUT2D eigenvalue weighted by molar-refractivity contribution is 0.0803. The molecule has 0 saturated heterocycles. The second kappa shape index (κ2) is 7.43. The number of H-pyrrole nitrogens is 1. The van der Waals surface area contributed by atoms with Crippen LogP contribution < -0.4 is 5.32 Å². The minimum Gasteiger partial charge on any atom is -0.305 e. The molecule has 2 aliphatic carbocycles. The first kappa shape index (κ1) is 19.9. The van der Waals surface area contributed by atoms with Crippen LogP contribution in [-0.4, -0.2) is 21.9 Å². The number of ketones is 1. The topological polar surface area (TPSA) is 74.8 Å². The number of aryl methyl sites for hydroxylation is 2. The second-order valence-electron chi connectivity index (χ2n) is 8.56. The number of rotatable bonds is 7. The Kier molecular flexibility index (Phi) is 5.09. The molecule has 4 rings (SSSR count). The lowest BCUT2D eigenvalue weighted by Gasteiger charge is -2.23. The third-order valence-corrected chi connectivity index (χ3v) is 7.02. The van der Waals surface area contributed by atoms with Crippen LogP contribution in [0.15, 0.2) is 12.1 Å². The fourth-order valence-electron chi connectivity index (χ4n) is 4.86. The van der Waals surface area contributed by atoms with Gasteiger partial charge in [-0.3, -0.25) is 14.7 Å². The van der Waals surface area contributed by atoms with E-state index in [2.05, 4.69) is 49.3 Å². The number of anilines is 1. The van der Waals surface area contributed by atoms with Crippen LogP contribution in [0, 0.1) is 5.41 Å². The number of hydrogen-bond acceptors (Lipinski definition) is 3. The van der Waals surface area contributed by atoms with Gasteiger partial charge in [-0.25, -0.2) is 0 Å². The Hall–Kier alpha value is -2.43. The minimum absolute atomic E-state index is 0.148. The molecule has 0 atom stereocenters. The van der Waals surface area contributed by atoms with Crippen LogP contribution in [0.4, 0.5) is 5.82 Å².